The van der Waals surface area contributed by atoms with Crippen LogP contribution >= 0.6 is 0 Å². The lowest BCUT2D eigenvalue weighted by Crippen LogP contribution is -2.33. The monoisotopic (exact) mass is 359 g/mol. The van der Waals surface area contributed by atoms with Gasteiger partial charge in [0.15, 0.2) is 0 Å². The van der Waals surface area contributed by atoms with Crippen LogP contribution in [0.3, 0.4) is 0 Å². The molecule has 7 heteroatoms. The van der Waals surface area contributed by atoms with Gasteiger partial charge in [0.2, 0.25) is 13.6 Å². The Morgan fingerprint density at radius 1 is 0.808 bits per heavy atom. The SMILES string of the molecule is N[C@@H](CCC(=O)OCOc1ccccc1)C(=O)OCOc1ccccc1. The molecule has 0 spiro atoms. The van der Waals surface area contributed by atoms with Crippen LogP contribution < -0.4 is 15.2 Å². The van der Waals surface area contributed by atoms with Crippen molar-refractivity contribution in [2.45, 2.75) is 18.9 Å². The second kappa shape index (κ2) is 10.7. The molecule has 0 saturated carbocycles. The van der Waals surface area contributed by atoms with Crippen LogP contribution in [0.15, 0.2) is 60.7 Å². The van der Waals surface area contributed by atoms with Crippen molar-refractivity contribution in [3.8, 4) is 11.5 Å². The van der Waals surface area contributed by atoms with Gasteiger partial charge >= 0.3 is 11.9 Å². The molecule has 0 fully saturated rings. The fourth-order valence-electron chi connectivity index (χ4n) is 1.92. The van der Waals surface area contributed by atoms with E-state index in [9.17, 15) is 9.59 Å². The first-order chi connectivity index (χ1) is 12.6. The molecule has 2 rings (SSSR count). The van der Waals surface area contributed by atoms with Gasteiger partial charge in [-0.3, -0.25) is 9.59 Å². The first-order valence-electron chi connectivity index (χ1n) is 8.08. The molecule has 1 atom stereocenters. The minimum absolute atomic E-state index is 0.0199. The molecule has 0 heterocycles. The van der Waals surface area contributed by atoms with Gasteiger partial charge in [0.1, 0.15) is 17.5 Å². The average molecular weight is 359 g/mol. The van der Waals surface area contributed by atoms with Gasteiger partial charge in [-0.2, -0.15) is 0 Å². The van der Waals surface area contributed by atoms with Crippen molar-refractivity contribution in [2.24, 2.45) is 5.73 Å². The molecule has 26 heavy (non-hydrogen) atoms. The Hall–Kier alpha value is -3.06. The summed E-state index contributed by atoms with van der Waals surface area (Å²) < 4.78 is 20.3. The normalized spacial score (nSPS) is 11.3. The summed E-state index contributed by atoms with van der Waals surface area (Å²) in [5.74, 6) is 0.0221. The van der Waals surface area contributed by atoms with Crippen LogP contribution in [-0.4, -0.2) is 31.6 Å². The van der Waals surface area contributed by atoms with Crippen LogP contribution in [0.1, 0.15) is 12.8 Å². The molecule has 138 valence electrons. The second-order valence-electron chi connectivity index (χ2n) is 5.28. The predicted octanol–water partition coefficient (Wildman–Crippen LogP) is 2.25. The Balaban J connectivity index is 1.57. The maximum Gasteiger partial charge on any atom is 0.325 e. The van der Waals surface area contributed by atoms with E-state index in [1.165, 1.54) is 0 Å². The predicted molar refractivity (Wildman–Crippen MR) is 93.3 cm³/mol. The van der Waals surface area contributed by atoms with Gasteiger partial charge in [0.05, 0.1) is 0 Å². The molecule has 7 nitrogen and oxygen atoms in total. The lowest BCUT2D eigenvalue weighted by Gasteiger charge is -2.12. The largest absolute Gasteiger partial charge is 0.457 e. The zero-order valence-electron chi connectivity index (χ0n) is 14.2. The Bertz CT molecular complexity index is 677. The van der Waals surface area contributed by atoms with Gasteiger partial charge in [-0.25, -0.2) is 0 Å². The Morgan fingerprint density at radius 3 is 1.85 bits per heavy atom. The third-order valence-electron chi connectivity index (χ3n) is 3.32. The molecule has 0 aliphatic rings. The quantitative estimate of drug-likeness (QED) is 0.513. The number of esters is 2. The van der Waals surface area contributed by atoms with Crippen LogP contribution in [0.5, 0.6) is 11.5 Å². The van der Waals surface area contributed by atoms with E-state index in [1.54, 1.807) is 36.4 Å². The Morgan fingerprint density at radius 2 is 1.31 bits per heavy atom. The van der Waals surface area contributed by atoms with E-state index in [1.807, 2.05) is 24.3 Å². The number of nitrogens with two attached hydrogens (primary N) is 1. The van der Waals surface area contributed by atoms with E-state index >= 15 is 0 Å². The van der Waals surface area contributed by atoms with E-state index in [-0.39, 0.29) is 26.4 Å². The first kappa shape index (κ1) is 19.3. The van der Waals surface area contributed by atoms with Crippen molar-refractivity contribution in [3.63, 3.8) is 0 Å². The minimum Gasteiger partial charge on any atom is -0.457 e. The van der Waals surface area contributed by atoms with Crippen molar-refractivity contribution < 1.29 is 28.5 Å². The lowest BCUT2D eigenvalue weighted by molar-refractivity contribution is -0.153. The van der Waals surface area contributed by atoms with Gasteiger partial charge < -0.3 is 24.7 Å². The smallest absolute Gasteiger partial charge is 0.325 e. The summed E-state index contributed by atoms with van der Waals surface area (Å²) >= 11 is 0. The number of carbonyl (C=O) groups is 2. The molecule has 2 aromatic carbocycles. The number of hydrogen-bond acceptors (Lipinski definition) is 7. The number of rotatable bonds is 10. The second-order valence-corrected chi connectivity index (χ2v) is 5.28. The number of para-hydroxylation sites is 2. The average Bonchev–Trinajstić information content (AvgIpc) is 2.67. The molecule has 0 aromatic heterocycles. The third kappa shape index (κ3) is 7.23. The lowest BCUT2D eigenvalue weighted by atomic mass is 10.2. The Labute approximate surface area is 151 Å². The van der Waals surface area contributed by atoms with Crippen LogP contribution in [0.4, 0.5) is 0 Å². The van der Waals surface area contributed by atoms with Gasteiger partial charge in [-0.1, -0.05) is 36.4 Å². The molecule has 2 N–H and O–H groups in total. The van der Waals surface area contributed by atoms with Crippen molar-refractivity contribution in [3.05, 3.63) is 60.7 Å². The van der Waals surface area contributed by atoms with E-state index < -0.39 is 18.0 Å². The van der Waals surface area contributed by atoms with E-state index in [2.05, 4.69) is 0 Å². The van der Waals surface area contributed by atoms with Crippen LogP contribution in [0.2, 0.25) is 0 Å². The van der Waals surface area contributed by atoms with Gasteiger partial charge in [-0.05, 0) is 30.7 Å². The van der Waals surface area contributed by atoms with E-state index in [4.69, 9.17) is 24.7 Å². The van der Waals surface area contributed by atoms with Gasteiger partial charge in [0.25, 0.3) is 0 Å². The fraction of sp³-hybridized carbons (Fsp3) is 0.263. The summed E-state index contributed by atoms with van der Waals surface area (Å²) in [4.78, 5) is 23.4. The molecule has 0 saturated heterocycles. The van der Waals surface area contributed by atoms with Crippen LogP contribution in [0, 0.1) is 0 Å². The standard InChI is InChI=1S/C19H21NO6/c20-17(19(22)26-14-24-16-9-5-2-6-10-16)11-12-18(21)25-13-23-15-7-3-1-4-8-15/h1-10,17H,11-14,20H2/t17-/m0/s1. The fourth-order valence-corrected chi connectivity index (χ4v) is 1.92. The maximum absolute atomic E-state index is 11.7. The highest BCUT2D eigenvalue weighted by molar-refractivity contribution is 5.77. The molecule has 0 aliphatic carbocycles. The summed E-state index contributed by atoms with van der Waals surface area (Å²) in [6, 6.07) is 17.0. The van der Waals surface area contributed by atoms with Crippen molar-refractivity contribution in [1.29, 1.82) is 0 Å². The zero-order valence-corrected chi connectivity index (χ0v) is 14.2. The number of hydrogen-bond donors (Lipinski definition) is 1. The first-order valence-corrected chi connectivity index (χ1v) is 8.08. The number of ether oxygens (including phenoxy) is 4. The summed E-state index contributed by atoms with van der Waals surface area (Å²) in [6.45, 7) is -0.445. The molecule has 2 aromatic rings. The molecule has 0 radical (unpaired) electrons. The summed E-state index contributed by atoms with van der Waals surface area (Å²) in [5, 5.41) is 0. The number of carbonyl (C=O) groups excluding carboxylic acids is 2. The van der Waals surface area contributed by atoms with E-state index in [0.29, 0.717) is 11.5 Å². The highest BCUT2D eigenvalue weighted by atomic mass is 16.7. The van der Waals surface area contributed by atoms with Crippen molar-refractivity contribution in [2.75, 3.05) is 13.6 Å². The topological polar surface area (TPSA) is 97.1 Å². The minimum atomic E-state index is -0.933. The molecule has 0 aliphatic heterocycles. The van der Waals surface area contributed by atoms with Gasteiger partial charge in [0, 0.05) is 6.42 Å². The van der Waals surface area contributed by atoms with E-state index in [0.717, 1.165) is 0 Å². The maximum atomic E-state index is 11.7. The number of benzene rings is 2. The molecule has 0 amide bonds. The molecule has 0 bridgehead atoms. The van der Waals surface area contributed by atoms with Crippen molar-refractivity contribution >= 4 is 11.9 Å². The van der Waals surface area contributed by atoms with Crippen molar-refractivity contribution in [1.82, 2.24) is 0 Å². The summed E-state index contributed by atoms with van der Waals surface area (Å²) in [6.07, 6.45) is 0.0856. The zero-order chi connectivity index (χ0) is 18.6. The third-order valence-corrected chi connectivity index (χ3v) is 3.32. The molecular weight excluding hydrogens is 338 g/mol. The summed E-state index contributed by atoms with van der Waals surface area (Å²) in [7, 11) is 0. The highest BCUT2D eigenvalue weighted by Crippen LogP contribution is 2.09. The van der Waals surface area contributed by atoms with Crippen LogP contribution in [-0.2, 0) is 19.1 Å². The van der Waals surface area contributed by atoms with Crippen LogP contribution in [0.25, 0.3) is 0 Å². The molecular formula is C19H21NO6. The summed E-state index contributed by atoms with van der Waals surface area (Å²) in [5.41, 5.74) is 5.70. The Kier molecular flexibility index (Phi) is 7.95. The van der Waals surface area contributed by atoms with Gasteiger partial charge in [-0.15, -0.1) is 0 Å². The molecule has 0 unspecified atom stereocenters. The highest BCUT2D eigenvalue weighted by Gasteiger charge is 2.17.